The summed E-state index contributed by atoms with van der Waals surface area (Å²) in [5, 5.41) is 11.0. The van der Waals surface area contributed by atoms with E-state index in [-0.39, 0.29) is 12.5 Å². The van der Waals surface area contributed by atoms with Crippen LogP contribution in [0.15, 0.2) is 48.5 Å². The molecule has 0 spiro atoms. The lowest BCUT2D eigenvalue weighted by Crippen LogP contribution is -2.30. The van der Waals surface area contributed by atoms with E-state index in [4.69, 9.17) is 35.4 Å². The molecule has 25 heavy (non-hydrogen) atoms. The minimum atomic E-state index is -0.278. The highest BCUT2D eigenvalue weighted by molar-refractivity contribution is 7.73. The van der Waals surface area contributed by atoms with Gasteiger partial charge in [-0.1, -0.05) is 58.8 Å². The number of hydrogen-bond acceptors (Lipinski definition) is 5. The van der Waals surface area contributed by atoms with Crippen LogP contribution in [0.25, 0.3) is 0 Å². The van der Waals surface area contributed by atoms with E-state index in [2.05, 4.69) is 15.5 Å². The van der Waals surface area contributed by atoms with Gasteiger partial charge in [0.2, 0.25) is 11.0 Å². The lowest BCUT2D eigenvalue weighted by Gasteiger charge is -2.21. The van der Waals surface area contributed by atoms with E-state index in [0.29, 0.717) is 24.8 Å². The Hall–Kier alpha value is -1.93. The molecule has 3 rings (SSSR count). The van der Waals surface area contributed by atoms with Crippen LogP contribution in [-0.2, 0) is 4.79 Å². The van der Waals surface area contributed by atoms with Gasteiger partial charge in [0.15, 0.2) is 3.95 Å². The SMILES string of the molecule is O=C(CN(c1ccccc1)c1n[nH]c(=S)s1)Nc1c(Cl)cccc1Cl. The van der Waals surface area contributed by atoms with E-state index in [9.17, 15) is 4.79 Å². The lowest BCUT2D eigenvalue weighted by molar-refractivity contribution is -0.114. The van der Waals surface area contributed by atoms with E-state index >= 15 is 0 Å². The van der Waals surface area contributed by atoms with Crippen LogP contribution in [0.2, 0.25) is 10.0 Å². The molecule has 0 saturated carbocycles. The summed E-state index contributed by atoms with van der Waals surface area (Å²) >= 11 is 18.6. The monoisotopic (exact) mass is 410 g/mol. The van der Waals surface area contributed by atoms with Gasteiger partial charge in [0.05, 0.1) is 15.7 Å². The maximum atomic E-state index is 12.6. The summed E-state index contributed by atoms with van der Waals surface area (Å²) in [5.41, 5.74) is 1.21. The summed E-state index contributed by atoms with van der Waals surface area (Å²) in [6.45, 7) is 0.0295. The Morgan fingerprint density at radius 1 is 1.16 bits per heavy atom. The Morgan fingerprint density at radius 3 is 2.44 bits per heavy atom. The number of H-pyrrole nitrogens is 1. The van der Waals surface area contributed by atoms with Crippen LogP contribution in [0.1, 0.15) is 0 Å². The first-order valence-corrected chi connectivity index (χ1v) is 9.14. The average molecular weight is 411 g/mol. The zero-order valence-electron chi connectivity index (χ0n) is 12.7. The van der Waals surface area contributed by atoms with Crippen molar-refractivity contribution in [3.63, 3.8) is 0 Å². The molecule has 0 atom stereocenters. The Kier molecular flexibility index (Phi) is 5.70. The van der Waals surface area contributed by atoms with Gasteiger partial charge in [-0.15, -0.1) is 5.10 Å². The number of hydrogen-bond donors (Lipinski definition) is 2. The third kappa shape index (κ3) is 4.38. The number of rotatable bonds is 5. The molecule has 1 aromatic heterocycles. The average Bonchev–Trinajstić information content (AvgIpc) is 3.03. The number of carbonyl (C=O) groups is 1. The van der Waals surface area contributed by atoms with Gasteiger partial charge in [-0.25, -0.2) is 0 Å². The Balaban J connectivity index is 1.85. The number of halogens is 2. The van der Waals surface area contributed by atoms with Crippen molar-refractivity contribution in [3.05, 3.63) is 62.5 Å². The van der Waals surface area contributed by atoms with Gasteiger partial charge in [0, 0.05) is 5.69 Å². The molecule has 0 saturated heterocycles. The van der Waals surface area contributed by atoms with Crippen molar-refractivity contribution in [1.29, 1.82) is 0 Å². The summed E-state index contributed by atoms with van der Waals surface area (Å²) in [6.07, 6.45) is 0. The molecule has 2 N–H and O–H groups in total. The van der Waals surface area contributed by atoms with E-state index in [1.54, 1.807) is 23.1 Å². The smallest absolute Gasteiger partial charge is 0.244 e. The molecular formula is C16H12Cl2N4OS2. The number of para-hydroxylation sites is 2. The van der Waals surface area contributed by atoms with Crippen molar-refractivity contribution in [3.8, 4) is 0 Å². The van der Waals surface area contributed by atoms with Crippen LogP contribution in [0, 0.1) is 3.95 Å². The summed E-state index contributed by atoms with van der Waals surface area (Å²) in [7, 11) is 0. The van der Waals surface area contributed by atoms with Gasteiger partial charge in [0.25, 0.3) is 0 Å². The normalized spacial score (nSPS) is 10.5. The molecule has 3 aromatic rings. The number of benzene rings is 2. The van der Waals surface area contributed by atoms with Crippen LogP contribution in [-0.4, -0.2) is 22.6 Å². The molecule has 128 valence electrons. The molecule has 5 nitrogen and oxygen atoms in total. The molecule has 2 aromatic carbocycles. The van der Waals surface area contributed by atoms with Gasteiger partial charge in [-0.2, -0.15) is 0 Å². The van der Waals surface area contributed by atoms with Gasteiger partial charge in [-0.3, -0.25) is 9.89 Å². The minimum absolute atomic E-state index is 0.0295. The second-order valence-corrected chi connectivity index (χ2v) is 7.42. The van der Waals surface area contributed by atoms with E-state index < -0.39 is 0 Å². The molecule has 0 aliphatic rings. The second kappa shape index (κ2) is 7.97. The number of amides is 1. The largest absolute Gasteiger partial charge is 0.322 e. The van der Waals surface area contributed by atoms with Gasteiger partial charge in [0.1, 0.15) is 6.54 Å². The number of anilines is 3. The first kappa shape index (κ1) is 17.9. The van der Waals surface area contributed by atoms with Crippen molar-refractivity contribution in [1.82, 2.24) is 10.2 Å². The van der Waals surface area contributed by atoms with E-state index in [1.807, 2.05) is 30.3 Å². The fraction of sp³-hybridized carbons (Fsp3) is 0.0625. The van der Waals surface area contributed by atoms with Crippen LogP contribution < -0.4 is 10.2 Å². The Bertz CT molecular complexity index is 922. The van der Waals surface area contributed by atoms with Crippen LogP contribution in [0.3, 0.4) is 0 Å². The van der Waals surface area contributed by atoms with Gasteiger partial charge >= 0.3 is 0 Å². The van der Waals surface area contributed by atoms with Crippen LogP contribution >= 0.6 is 46.8 Å². The molecular weight excluding hydrogens is 399 g/mol. The highest BCUT2D eigenvalue weighted by atomic mass is 35.5. The number of aromatic amines is 1. The molecule has 0 fully saturated rings. The molecule has 9 heteroatoms. The standard InChI is InChI=1S/C16H12Cl2N4OS2/c17-11-7-4-8-12(18)14(11)19-13(23)9-22(10-5-2-1-3-6-10)15-20-21-16(24)25-15/h1-8H,9H2,(H,19,23)(H,21,24). The zero-order valence-corrected chi connectivity index (χ0v) is 15.8. The third-order valence-electron chi connectivity index (χ3n) is 3.25. The predicted molar refractivity (Wildman–Crippen MR) is 106 cm³/mol. The minimum Gasteiger partial charge on any atom is -0.322 e. The van der Waals surface area contributed by atoms with E-state index in [0.717, 1.165) is 5.69 Å². The highest BCUT2D eigenvalue weighted by Crippen LogP contribution is 2.31. The maximum Gasteiger partial charge on any atom is 0.244 e. The second-order valence-electron chi connectivity index (χ2n) is 4.96. The van der Waals surface area contributed by atoms with Crippen molar-refractivity contribution >= 4 is 69.2 Å². The zero-order chi connectivity index (χ0) is 17.8. The Labute approximate surface area is 163 Å². The quantitative estimate of drug-likeness (QED) is 0.561. The van der Waals surface area contributed by atoms with Gasteiger partial charge < -0.3 is 10.2 Å². The molecule has 1 amide bonds. The fourth-order valence-electron chi connectivity index (χ4n) is 2.15. The molecule has 0 unspecified atom stereocenters. The molecule has 0 radical (unpaired) electrons. The summed E-state index contributed by atoms with van der Waals surface area (Å²) < 4.78 is 0.533. The molecule has 0 bridgehead atoms. The van der Waals surface area contributed by atoms with Crippen molar-refractivity contribution < 1.29 is 4.79 Å². The summed E-state index contributed by atoms with van der Waals surface area (Å²) in [5.74, 6) is -0.278. The number of nitrogens with zero attached hydrogens (tertiary/aromatic N) is 2. The van der Waals surface area contributed by atoms with Crippen LogP contribution in [0.4, 0.5) is 16.5 Å². The van der Waals surface area contributed by atoms with Crippen LogP contribution in [0.5, 0.6) is 0 Å². The van der Waals surface area contributed by atoms with Crippen molar-refractivity contribution in [2.45, 2.75) is 0 Å². The topological polar surface area (TPSA) is 61.0 Å². The summed E-state index contributed by atoms with van der Waals surface area (Å²) in [4.78, 5) is 14.3. The lowest BCUT2D eigenvalue weighted by atomic mass is 10.3. The molecule has 0 aliphatic heterocycles. The number of nitrogens with one attached hydrogen (secondary N) is 2. The first-order chi connectivity index (χ1) is 12.0. The third-order valence-corrected chi connectivity index (χ3v) is 5.00. The number of carbonyl (C=O) groups excluding carboxylic acids is 1. The maximum absolute atomic E-state index is 12.6. The summed E-state index contributed by atoms with van der Waals surface area (Å²) in [6, 6.07) is 14.5. The van der Waals surface area contributed by atoms with E-state index in [1.165, 1.54) is 11.3 Å². The predicted octanol–water partition coefficient (Wildman–Crippen LogP) is 5.28. The fourth-order valence-corrected chi connectivity index (χ4v) is 3.54. The van der Waals surface area contributed by atoms with Crippen molar-refractivity contribution in [2.75, 3.05) is 16.8 Å². The van der Waals surface area contributed by atoms with Gasteiger partial charge in [-0.05, 0) is 36.5 Å². The number of aromatic nitrogens is 2. The molecule has 0 aliphatic carbocycles. The molecule has 1 heterocycles. The highest BCUT2D eigenvalue weighted by Gasteiger charge is 2.18. The first-order valence-electron chi connectivity index (χ1n) is 7.16. The Morgan fingerprint density at radius 2 is 1.84 bits per heavy atom. The van der Waals surface area contributed by atoms with Crippen molar-refractivity contribution in [2.24, 2.45) is 0 Å².